The van der Waals surface area contributed by atoms with Gasteiger partial charge in [-0.05, 0) is 31.1 Å². The van der Waals surface area contributed by atoms with Crippen LogP contribution < -0.4 is 5.32 Å². The molecule has 4 nitrogen and oxygen atoms in total. The summed E-state index contributed by atoms with van der Waals surface area (Å²) >= 11 is 0. The lowest BCUT2D eigenvalue weighted by Crippen LogP contribution is -2.55. The van der Waals surface area contributed by atoms with E-state index in [0.717, 1.165) is 25.7 Å². The van der Waals surface area contributed by atoms with E-state index < -0.39 is 11.5 Å². The van der Waals surface area contributed by atoms with Crippen LogP contribution >= 0.6 is 0 Å². The fourth-order valence-corrected chi connectivity index (χ4v) is 3.08. The zero-order chi connectivity index (χ0) is 13.6. The van der Waals surface area contributed by atoms with Crippen LogP contribution in [0.25, 0.3) is 0 Å². The van der Waals surface area contributed by atoms with Gasteiger partial charge in [-0.3, -0.25) is 10.1 Å². The van der Waals surface area contributed by atoms with Gasteiger partial charge in [-0.25, -0.2) is 0 Å². The van der Waals surface area contributed by atoms with Gasteiger partial charge in [0.05, 0.1) is 6.61 Å². The van der Waals surface area contributed by atoms with Crippen molar-refractivity contribution in [3.8, 4) is 0 Å². The molecule has 0 aliphatic heterocycles. The summed E-state index contributed by atoms with van der Waals surface area (Å²) in [5, 5.41) is 12.8. The first-order valence-electron chi connectivity index (χ1n) is 6.97. The molecular weight excluding hydrogens is 230 g/mol. The maximum absolute atomic E-state index is 11.6. The van der Waals surface area contributed by atoms with E-state index in [0.29, 0.717) is 25.0 Å². The molecule has 2 unspecified atom stereocenters. The van der Waals surface area contributed by atoms with Gasteiger partial charge in [0.25, 0.3) is 0 Å². The third kappa shape index (κ3) is 4.25. The van der Waals surface area contributed by atoms with Crippen molar-refractivity contribution in [2.24, 2.45) is 11.8 Å². The van der Waals surface area contributed by atoms with E-state index in [1.54, 1.807) is 7.11 Å². The summed E-state index contributed by atoms with van der Waals surface area (Å²) in [6.45, 7) is 5.58. The number of carboxylic acid groups (broad SMARTS) is 1. The molecule has 0 aromatic rings. The Kier molecular flexibility index (Phi) is 6.09. The highest BCUT2D eigenvalue weighted by molar-refractivity contribution is 5.79. The van der Waals surface area contributed by atoms with Crippen molar-refractivity contribution in [3.63, 3.8) is 0 Å². The summed E-state index contributed by atoms with van der Waals surface area (Å²) < 4.78 is 4.99. The minimum atomic E-state index is -0.726. The van der Waals surface area contributed by atoms with Gasteiger partial charge in [0.1, 0.15) is 5.54 Å². The lowest BCUT2D eigenvalue weighted by molar-refractivity contribution is -0.147. The van der Waals surface area contributed by atoms with Crippen molar-refractivity contribution in [1.82, 2.24) is 5.32 Å². The second-order valence-electron chi connectivity index (χ2n) is 5.90. The van der Waals surface area contributed by atoms with Gasteiger partial charge in [0.2, 0.25) is 0 Å². The highest BCUT2D eigenvalue weighted by Crippen LogP contribution is 2.36. The Morgan fingerprint density at radius 2 is 2.28 bits per heavy atom. The van der Waals surface area contributed by atoms with Crippen LogP contribution in [0.2, 0.25) is 0 Å². The minimum Gasteiger partial charge on any atom is -0.480 e. The normalized spacial score (nSPS) is 28.6. The Morgan fingerprint density at radius 3 is 2.83 bits per heavy atom. The summed E-state index contributed by atoms with van der Waals surface area (Å²) in [7, 11) is 1.64. The van der Waals surface area contributed by atoms with Crippen molar-refractivity contribution in [3.05, 3.63) is 0 Å². The summed E-state index contributed by atoms with van der Waals surface area (Å²) in [5.74, 6) is 0.468. The zero-order valence-electron chi connectivity index (χ0n) is 11.9. The molecule has 1 aliphatic carbocycles. The van der Waals surface area contributed by atoms with Gasteiger partial charge in [-0.2, -0.15) is 0 Å². The lowest BCUT2D eigenvalue weighted by Gasteiger charge is -2.39. The van der Waals surface area contributed by atoms with Gasteiger partial charge in [0.15, 0.2) is 0 Å². The van der Waals surface area contributed by atoms with Crippen LogP contribution in [0.1, 0.15) is 46.0 Å². The Labute approximate surface area is 110 Å². The fourth-order valence-electron chi connectivity index (χ4n) is 3.08. The predicted molar refractivity (Wildman–Crippen MR) is 71.7 cm³/mol. The van der Waals surface area contributed by atoms with Crippen LogP contribution in [0, 0.1) is 11.8 Å². The summed E-state index contributed by atoms with van der Waals surface area (Å²) in [6, 6.07) is 0. The predicted octanol–water partition coefficient (Wildman–Crippen LogP) is 2.28. The summed E-state index contributed by atoms with van der Waals surface area (Å²) in [6.07, 6.45) is 4.79. The molecule has 0 bridgehead atoms. The van der Waals surface area contributed by atoms with Gasteiger partial charge >= 0.3 is 5.97 Å². The van der Waals surface area contributed by atoms with Crippen molar-refractivity contribution in [2.45, 2.75) is 51.5 Å². The maximum Gasteiger partial charge on any atom is 0.323 e. The van der Waals surface area contributed by atoms with E-state index in [2.05, 4.69) is 19.2 Å². The molecule has 1 aliphatic rings. The average Bonchev–Trinajstić information content (AvgIpc) is 2.28. The highest BCUT2D eigenvalue weighted by atomic mass is 16.5. The van der Waals surface area contributed by atoms with Crippen LogP contribution in [0.4, 0.5) is 0 Å². The third-order valence-corrected chi connectivity index (χ3v) is 3.84. The van der Waals surface area contributed by atoms with E-state index in [4.69, 9.17) is 4.74 Å². The standard InChI is InChI=1S/C14H27NO3/c1-11(2)9-12-5-4-6-14(10-12,13(16)17)15-7-8-18-3/h11-12,15H,4-10H2,1-3H3,(H,16,17). The molecule has 2 atom stereocenters. The van der Waals surface area contributed by atoms with Gasteiger partial charge in [0, 0.05) is 13.7 Å². The van der Waals surface area contributed by atoms with E-state index in [9.17, 15) is 9.90 Å². The molecule has 1 fully saturated rings. The Bertz CT molecular complexity index is 268. The number of ether oxygens (including phenoxy) is 1. The second kappa shape index (κ2) is 7.10. The van der Waals surface area contributed by atoms with Crippen molar-refractivity contribution in [2.75, 3.05) is 20.3 Å². The molecule has 1 rings (SSSR count). The molecule has 2 N–H and O–H groups in total. The molecule has 0 spiro atoms. The molecular formula is C14H27NO3. The monoisotopic (exact) mass is 257 g/mol. The van der Waals surface area contributed by atoms with Gasteiger partial charge in [-0.1, -0.05) is 26.7 Å². The number of aliphatic carboxylic acids is 1. The molecule has 0 heterocycles. The van der Waals surface area contributed by atoms with Crippen LogP contribution in [0.15, 0.2) is 0 Å². The van der Waals surface area contributed by atoms with Gasteiger partial charge < -0.3 is 9.84 Å². The molecule has 18 heavy (non-hydrogen) atoms. The Balaban J connectivity index is 2.62. The molecule has 0 saturated heterocycles. The number of nitrogens with one attached hydrogen (secondary N) is 1. The van der Waals surface area contributed by atoms with E-state index in [-0.39, 0.29) is 0 Å². The molecule has 106 valence electrons. The number of carboxylic acids is 1. The first-order chi connectivity index (χ1) is 8.50. The second-order valence-corrected chi connectivity index (χ2v) is 5.90. The lowest BCUT2D eigenvalue weighted by atomic mass is 9.73. The highest BCUT2D eigenvalue weighted by Gasteiger charge is 2.42. The number of methoxy groups -OCH3 is 1. The van der Waals surface area contributed by atoms with E-state index in [1.165, 1.54) is 6.42 Å². The van der Waals surface area contributed by atoms with Gasteiger partial charge in [-0.15, -0.1) is 0 Å². The Hall–Kier alpha value is -0.610. The number of rotatable bonds is 7. The minimum absolute atomic E-state index is 0.532. The smallest absolute Gasteiger partial charge is 0.323 e. The van der Waals surface area contributed by atoms with Crippen LogP contribution in [-0.2, 0) is 9.53 Å². The molecule has 4 heteroatoms. The number of hydrogen-bond acceptors (Lipinski definition) is 3. The quantitative estimate of drug-likeness (QED) is 0.687. The summed E-state index contributed by atoms with van der Waals surface area (Å²) in [4.78, 5) is 11.6. The summed E-state index contributed by atoms with van der Waals surface area (Å²) in [5.41, 5.74) is -0.726. The van der Waals surface area contributed by atoms with Crippen LogP contribution in [0.5, 0.6) is 0 Å². The largest absolute Gasteiger partial charge is 0.480 e. The number of hydrogen-bond donors (Lipinski definition) is 2. The van der Waals surface area contributed by atoms with Crippen molar-refractivity contribution in [1.29, 1.82) is 0 Å². The molecule has 0 aromatic heterocycles. The molecule has 1 saturated carbocycles. The maximum atomic E-state index is 11.6. The van der Waals surface area contributed by atoms with E-state index >= 15 is 0 Å². The third-order valence-electron chi connectivity index (χ3n) is 3.84. The number of carbonyl (C=O) groups is 1. The SMILES string of the molecule is COCCNC1(C(=O)O)CCCC(CC(C)C)C1. The first kappa shape index (κ1) is 15.4. The Morgan fingerprint density at radius 1 is 1.56 bits per heavy atom. The van der Waals surface area contributed by atoms with E-state index in [1.807, 2.05) is 0 Å². The molecule has 0 amide bonds. The van der Waals surface area contributed by atoms with Crippen molar-refractivity contribution >= 4 is 5.97 Å². The fraction of sp³-hybridized carbons (Fsp3) is 0.929. The molecule has 0 radical (unpaired) electrons. The zero-order valence-corrected chi connectivity index (χ0v) is 11.9. The topological polar surface area (TPSA) is 58.6 Å². The van der Waals surface area contributed by atoms with Crippen LogP contribution in [-0.4, -0.2) is 36.9 Å². The molecule has 0 aromatic carbocycles. The van der Waals surface area contributed by atoms with Crippen LogP contribution in [0.3, 0.4) is 0 Å². The average molecular weight is 257 g/mol. The first-order valence-corrected chi connectivity index (χ1v) is 6.97. The van der Waals surface area contributed by atoms with Crippen molar-refractivity contribution < 1.29 is 14.6 Å².